The lowest BCUT2D eigenvalue weighted by molar-refractivity contribution is -0.117. The topological polar surface area (TPSA) is 113 Å². The fourth-order valence-corrected chi connectivity index (χ4v) is 4.21. The third-order valence-electron chi connectivity index (χ3n) is 6.15. The van der Waals surface area contributed by atoms with Gasteiger partial charge in [0, 0.05) is 17.8 Å². The molecule has 8 nitrogen and oxygen atoms in total. The number of carbonyl (C=O) groups excluding carboxylic acids is 1. The normalized spacial score (nSPS) is 10.7. The van der Waals surface area contributed by atoms with E-state index in [4.69, 9.17) is 5.73 Å². The van der Waals surface area contributed by atoms with Crippen LogP contribution in [-0.2, 0) is 11.3 Å². The number of anilines is 3. The van der Waals surface area contributed by atoms with Gasteiger partial charge in [0.25, 0.3) is 5.56 Å². The van der Waals surface area contributed by atoms with Crippen molar-refractivity contribution in [3.8, 4) is 11.1 Å². The first-order chi connectivity index (χ1) is 18.0. The van der Waals surface area contributed by atoms with Gasteiger partial charge in [0.1, 0.15) is 5.82 Å². The molecule has 0 aliphatic heterocycles. The fraction of sp³-hybridized carbons (Fsp3) is 0.207. The van der Waals surface area contributed by atoms with Gasteiger partial charge in [-0.1, -0.05) is 92.2 Å². The molecule has 190 valence electrons. The van der Waals surface area contributed by atoms with E-state index >= 15 is 0 Å². The van der Waals surface area contributed by atoms with E-state index in [-0.39, 0.29) is 30.5 Å². The maximum atomic E-state index is 13.5. The van der Waals surface area contributed by atoms with E-state index in [2.05, 4.69) is 10.3 Å². The maximum Gasteiger partial charge on any atom is 0.330 e. The fourth-order valence-electron chi connectivity index (χ4n) is 4.21. The van der Waals surface area contributed by atoms with Crippen molar-refractivity contribution >= 4 is 23.1 Å². The molecule has 4 aromatic rings. The van der Waals surface area contributed by atoms with Crippen LogP contribution in [0.2, 0.25) is 0 Å². The quantitative estimate of drug-likeness (QED) is 0.306. The van der Waals surface area contributed by atoms with Gasteiger partial charge in [-0.2, -0.15) is 0 Å². The molecule has 4 N–H and O–H groups in total. The summed E-state index contributed by atoms with van der Waals surface area (Å²) in [6.45, 7) is 2.42. The summed E-state index contributed by atoms with van der Waals surface area (Å²) in [4.78, 5) is 42.8. The van der Waals surface area contributed by atoms with Gasteiger partial charge in [0.2, 0.25) is 5.91 Å². The van der Waals surface area contributed by atoms with Crippen LogP contribution in [0, 0.1) is 0 Å². The Morgan fingerprint density at radius 2 is 1.59 bits per heavy atom. The maximum absolute atomic E-state index is 13.5. The van der Waals surface area contributed by atoms with Gasteiger partial charge in [0.05, 0.1) is 13.1 Å². The number of carbonyl (C=O) groups is 1. The number of H-pyrrole nitrogens is 1. The lowest BCUT2D eigenvalue weighted by Gasteiger charge is -2.25. The molecule has 0 aliphatic rings. The number of aromatic amines is 1. The molecule has 8 heteroatoms. The molecule has 0 aliphatic carbocycles. The summed E-state index contributed by atoms with van der Waals surface area (Å²) in [5.74, 6) is -0.356. The number of amides is 1. The molecular weight excluding hydrogens is 466 g/mol. The third kappa shape index (κ3) is 5.98. The second-order valence-electron chi connectivity index (χ2n) is 8.73. The Hall–Kier alpha value is -4.59. The average molecular weight is 498 g/mol. The molecule has 0 unspecified atom stereocenters. The van der Waals surface area contributed by atoms with Crippen LogP contribution in [-0.4, -0.2) is 28.5 Å². The van der Waals surface area contributed by atoms with Crippen LogP contribution in [0.25, 0.3) is 11.1 Å². The van der Waals surface area contributed by atoms with Crippen LogP contribution in [0.15, 0.2) is 94.5 Å². The highest BCUT2D eigenvalue weighted by molar-refractivity contribution is 5.98. The minimum Gasteiger partial charge on any atom is -0.383 e. The van der Waals surface area contributed by atoms with E-state index in [0.717, 1.165) is 28.8 Å². The van der Waals surface area contributed by atoms with Gasteiger partial charge in [-0.05, 0) is 23.6 Å². The SMILES string of the molecule is CCCCN(C(=O)CNc1ccccc1-c1ccccc1)c1c(N)n(Cc2ccccc2)c(=O)[nH]c1=O. The van der Waals surface area contributed by atoms with Crippen molar-refractivity contribution in [2.24, 2.45) is 0 Å². The molecule has 37 heavy (non-hydrogen) atoms. The average Bonchev–Trinajstić information content (AvgIpc) is 2.92. The smallest absolute Gasteiger partial charge is 0.330 e. The Bertz CT molecular complexity index is 1460. The summed E-state index contributed by atoms with van der Waals surface area (Å²) in [5.41, 5.74) is 8.71. The number of benzene rings is 3. The standard InChI is InChI=1S/C29H31N5O3/c1-2-3-18-33(25(35)19-31-24-17-11-10-16-23(24)22-14-8-5-9-15-22)26-27(30)34(29(37)32-28(26)36)20-21-12-6-4-7-13-21/h4-17,31H,2-3,18-20,30H2,1H3,(H,32,36,37). The molecule has 0 saturated heterocycles. The molecule has 0 atom stereocenters. The second kappa shape index (κ2) is 11.9. The number of hydrogen-bond acceptors (Lipinski definition) is 5. The van der Waals surface area contributed by atoms with Crippen LogP contribution in [0.5, 0.6) is 0 Å². The van der Waals surface area contributed by atoms with Crippen molar-refractivity contribution in [3.05, 3.63) is 111 Å². The number of nitrogens with zero attached hydrogens (tertiary/aromatic N) is 2. The molecule has 0 bridgehead atoms. The van der Waals surface area contributed by atoms with E-state index in [9.17, 15) is 14.4 Å². The highest BCUT2D eigenvalue weighted by atomic mass is 16.2. The van der Waals surface area contributed by atoms with Crippen molar-refractivity contribution in [3.63, 3.8) is 0 Å². The van der Waals surface area contributed by atoms with Crippen molar-refractivity contribution in [1.29, 1.82) is 0 Å². The number of nitrogens with one attached hydrogen (secondary N) is 2. The summed E-state index contributed by atoms with van der Waals surface area (Å²) in [7, 11) is 0. The lowest BCUT2D eigenvalue weighted by atomic mass is 10.0. The lowest BCUT2D eigenvalue weighted by Crippen LogP contribution is -2.43. The molecule has 1 aromatic heterocycles. The van der Waals surface area contributed by atoms with E-state index in [1.165, 1.54) is 9.47 Å². The summed E-state index contributed by atoms with van der Waals surface area (Å²) < 4.78 is 1.29. The summed E-state index contributed by atoms with van der Waals surface area (Å²) in [5, 5.41) is 3.23. The predicted molar refractivity (Wildman–Crippen MR) is 149 cm³/mol. The van der Waals surface area contributed by atoms with Crippen molar-refractivity contribution in [1.82, 2.24) is 9.55 Å². The predicted octanol–water partition coefficient (Wildman–Crippen LogP) is 4.08. The zero-order valence-corrected chi connectivity index (χ0v) is 20.8. The van der Waals surface area contributed by atoms with Gasteiger partial charge in [0.15, 0.2) is 5.69 Å². The molecule has 1 heterocycles. The third-order valence-corrected chi connectivity index (χ3v) is 6.15. The van der Waals surface area contributed by atoms with E-state index in [1.807, 2.05) is 91.9 Å². The van der Waals surface area contributed by atoms with Gasteiger partial charge in [-0.25, -0.2) is 4.79 Å². The summed E-state index contributed by atoms with van der Waals surface area (Å²) in [6.07, 6.45) is 1.48. The highest BCUT2D eigenvalue weighted by Gasteiger charge is 2.24. The van der Waals surface area contributed by atoms with Crippen LogP contribution >= 0.6 is 0 Å². The first-order valence-corrected chi connectivity index (χ1v) is 12.3. The summed E-state index contributed by atoms with van der Waals surface area (Å²) >= 11 is 0. The number of aromatic nitrogens is 2. The first kappa shape index (κ1) is 25.5. The van der Waals surface area contributed by atoms with Crippen LogP contribution in [0.4, 0.5) is 17.2 Å². The number of rotatable bonds is 10. The van der Waals surface area contributed by atoms with Crippen molar-refractivity contribution in [2.75, 3.05) is 29.0 Å². The zero-order valence-electron chi connectivity index (χ0n) is 20.8. The van der Waals surface area contributed by atoms with Gasteiger partial charge in [-0.15, -0.1) is 0 Å². The Morgan fingerprint density at radius 3 is 2.30 bits per heavy atom. The Kier molecular flexibility index (Phi) is 8.20. The molecular formula is C29H31N5O3. The monoisotopic (exact) mass is 497 g/mol. The van der Waals surface area contributed by atoms with E-state index in [1.54, 1.807) is 0 Å². The first-order valence-electron chi connectivity index (χ1n) is 12.3. The Balaban J connectivity index is 1.64. The van der Waals surface area contributed by atoms with E-state index < -0.39 is 11.2 Å². The van der Waals surface area contributed by atoms with Crippen LogP contribution in [0.1, 0.15) is 25.3 Å². The van der Waals surface area contributed by atoms with Gasteiger partial charge < -0.3 is 16.0 Å². The number of nitrogen functional groups attached to an aromatic ring is 1. The number of para-hydroxylation sites is 1. The van der Waals surface area contributed by atoms with E-state index in [0.29, 0.717) is 13.0 Å². The number of nitrogens with two attached hydrogens (primary N) is 1. The molecule has 0 radical (unpaired) electrons. The Labute approximate surface area is 215 Å². The molecule has 0 saturated carbocycles. The van der Waals surface area contributed by atoms with Crippen molar-refractivity contribution in [2.45, 2.75) is 26.3 Å². The van der Waals surface area contributed by atoms with Crippen LogP contribution in [0.3, 0.4) is 0 Å². The largest absolute Gasteiger partial charge is 0.383 e. The molecule has 1 amide bonds. The molecule has 3 aromatic carbocycles. The number of unbranched alkanes of at least 4 members (excludes halogenated alkanes) is 1. The Morgan fingerprint density at radius 1 is 0.946 bits per heavy atom. The van der Waals surface area contributed by atoms with Gasteiger partial charge in [-0.3, -0.25) is 19.1 Å². The molecule has 0 spiro atoms. The second-order valence-corrected chi connectivity index (χ2v) is 8.73. The molecule has 0 fully saturated rings. The zero-order chi connectivity index (χ0) is 26.2. The molecule has 4 rings (SSSR count). The minimum atomic E-state index is -0.680. The minimum absolute atomic E-state index is 0.00729. The number of hydrogen-bond donors (Lipinski definition) is 3. The van der Waals surface area contributed by atoms with Crippen molar-refractivity contribution < 1.29 is 4.79 Å². The summed E-state index contributed by atoms with van der Waals surface area (Å²) in [6, 6.07) is 27.0. The van der Waals surface area contributed by atoms with Gasteiger partial charge >= 0.3 is 5.69 Å². The van der Waals surface area contributed by atoms with Crippen LogP contribution < -0.4 is 27.2 Å². The highest BCUT2D eigenvalue weighted by Crippen LogP contribution is 2.27.